The molecule has 1 aliphatic heterocycles. The zero-order valence-corrected chi connectivity index (χ0v) is 21.4. The summed E-state index contributed by atoms with van der Waals surface area (Å²) in [6, 6.07) is 11.4. The first-order valence-corrected chi connectivity index (χ1v) is 12.6. The van der Waals surface area contributed by atoms with Gasteiger partial charge in [0.05, 0.1) is 17.0 Å². The standard InChI is InChI=1S/C28H26F3N7O2/c1-2-22(39)37-11-5-10-21(15-37)38-26-23(25(32)34-16-35-26)24(36-38)18-7-3-6-17(12-18)14-33-27(40)19-8-4-9-20(13-19)28(29,30)31/h2-4,6-9,12-13,16,21H,1,5,10-11,14-15H2,(H,33,40)(H2,32,34,35)/t21-/m1/s1. The molecule has 40 heavy (non-hydrogen) atoms. The number of nitrogens with two attached hydrogens (primary N) is 1. The SMILES string of the molecule is C=CC(=O)N1CCC[C@@H](n2nc(-c3cccc(CNC(=O)c4cccc(C(F)(F)F)c4)c3)c3c(N)ncnc32)C1. The van der Waals surface area contributed by atoms with Crippen molar-refractivity contribution in [1.29, 1.82) is 0 Å². The topological polar surface area (TPSA) is 119 Å². The lowest BCUT2D eigenvalue weighted by atomic mass is 10.1. The van der Waals surface area contributed by atoms with E-state index in [1.807, 2.05) is 12.1 Å². The van der Waals surface area contributed by atoms with Gasteiger partial charge in [-0.2, -0.15) is 18.3 Å². The average molecular weight is 550 g/mol. The van der Waals surface area contributed by atoms with E-state index < -0.39 is 17.6 Å². The quantitative estimate of drug-likeness (QED) is 0.345. The molecule has 3 N–H and O–H groups in total. The van der Waals surface area contributed by atoms with Gasteiger partial charge in [0.2, 0.25) is 5.91 Å². The number of hydrogen-bond donors (Lipinski definition) is 2. The molecule has 9 nitrogen and oxygen atoms in total. The second-order valence-electron chi connectivity index (χ2n) is 9.50. The number of alkyl halides is 3. The highest BCUT2D eigenvalue weighted by molar-refractivity contribution is 5.98. The lowest BCUT2D eigenvalue weighted by Gasteiger charge is -2.32. The molecule has 2 amide bonds. The number of amides is 2. The Morgan fingerprint density at radius 3 is 2.73 bits per heavy atom. The number of fused-ring (bicyclic) bond motifs is 1. The number of carbonyl (C=O) groups is 2. The number of rotatable bonds is 6. The van der Waals surface area contributed by atoms with Crippen LogP contribution in [0, 0.1) is 0 Å². The second-order valence-corrected chi connectivity index (χ2v) is 9.50. The number of hydrogen-bond acceptors (Lipinski definition) is 6. The third kappa shape index (κ3) is 5.37. The highest BCUT2D eigenvalue weighted by Gasteiger charge is 2.31. The van der Waals surface area contributed by atoms with E-state index >= 15 is 0 Å². The van der Waals surface area contributed by atoms with Crippen molar-refractivity contribution in [3.8, 4) is 11.3 Å². The Bertz CT molecular complexity index is 1600. The second kappa shape index (κ2) is 10.8. The molecular weight excluding hydrogens is 523 g/mol. The summed E-state index contributed by atoms with van der Waals surface area (Å²) in [5.41, 5.74) is 7.78. The van der Waals surface area contributed by atoms with Gasteiger partial charge >= 0.3 is 6.18 Å². The minimum absolute atomic E-state index is 0.0782. The van der Waals surface area contributed by atoms with E-state index in [2.05, 4.69) is 21.9 Å². The molecule has 0 spiro atoms. The summed E-state index contributed by atoms with van der Waals surface area (Å²) in [4.78, 5) is 35.1. The Morgan fingerprint density at radius 2 is 1.95 bits per heavy atom. The Labute approximate surface area is 227 Å². The maximum Gasteiger partial charge on any atom is 0.416 e. The van der Waals surface area contributed by atoms with E-state index in [-0.39, 0.29) is 29.9 Å². The summed E-state index contributed by atoms with van der Waals surface area (Å²) in [6.45, 7) is 4.75. The van der Waals surface area contributed by atoms with Crippen LogP contribution in [0.5, 0.6) is 0 Å². The maximum atomic E-state index is 13.0. The van der Waals surface area contributed by atoms with Gasteiger partial charge in [0.1, 0.15) is 17.8 Å². The molecule has 1 atom stereocenters. The van der Waals surface area contributed by atoms with Gasteiger partial charge in [0, 0.05) is 30.8 Å². The van der Waals surface area contributed by atoms with Crippen molar-refractivity contribution in [3.63, 3.8) is 0 Å². The van der Waals surface area contributed by atoms with Crippen LogP contribution in [0.2, 0.25) is 0 Å². The van der Waals surface area contributed by atoms with Crippen LogP contribution in [0.1, 0.15) is 40.4 Å². The predicted octanol–water partition coefficient (Wildman–Crippen LogP) is 4.37. The number of nitrogens with one attached hydrogen (secondary N) is 1. The molecule has 5 rings (SSSR count). The van der Waals surface area contributed by atoms with Crippen molar-refractivity contribution in [1.82, 2.24) is 30.0 Å². The minimum atomic E-state index is -4.54. The van der Waals surface area contributed by atoms with Crippen LogP contribution in [0.15, 0.2) is 67.5 Å². The summed E-state index contributed by atoms with van der Waals surface area (Å²) in [6.07, 6.45) is -0.286. The van der Waals surface area contributed by atoms with Crippen LogP contribution in [0.4, 0.5) is 19.0 Å². The van der Waals surface area contributed by atoms with Gasteiger partial charge in [-0.1, -0.05) is 30.8 Å². The molecular formula is C28H26F3N7O2. The van der Waals surface area contributed by atoms with E-state index in [1.54, 1.807) is 21.7 Å². The third-order valence-corrected chi connectivity index (χ3v) is 6.85. The number of nitrogens with zero attached hydrogens (tertiary/aromatic N) is 5. The first-order valence-electron chi connectivity index (χ1n) is 12.6. The van der Waals surface area contributed by atoms with Crippen molar-refractivity contribution in [2.24, 2.45) is 0 Å². The Balaban J connectivity index is 1.42. The molecule has 1 saturated heterocycles. The molecule has 1 aliphatic rings. The molecule has 12 heteroatoms. The van der Waals surface area contributed by atoms with Gasteiger partial charge in [-0.25, -0.2) is 14.6 Å². The third-order valence-electron chi connectivity index (χ3n) is 6.85. The minimum Gasteiger partial charge on any atom is -0.383 e. The van der Waals surface area contributed by atoms with Gasteiger partial charge in [-0.05, 0) is 48.7 Å². The number of anilines is 1. The molecule has 4 aromatic rings. The van der Waals surface area contributed by atoms with Crippen LogP contribution in [-0.4, -0.2) is 49.6 Å². The first-order chi connectivity index (χ1) is 19.2. The monoisotopic (exact) mass is 549 g/mol. The molecule has 206 valence electrons. The summed E-state index contributed by atoms with van der Waals surface area (Å²) in [5.74, 6) is -0.514. The molecule has 0 unspecified atom stereocenters. The maximum absolute atomic E-state index is 13.0. The average Bonchev–Trinajstić information content (AvgIpc) is 3.36. The Hall–Kier alpha value is -4.74. The fourth-order valence-electron chi connectivity index (χ4n) is 4.89. The lowest BCUT2D eigenvalue weighted by Crippen LogP contribution is -2.40. The van der Waals surface area contributed by atoms with Gasteiger partial charge in [0.25, 0.3) is 5.91 Å². The number of benzene rings is 2. The van der Waals surface area contributed by atoms with Crippen molar-refractivity contribution in [2.75, 3.05) is 18.8 Å². The van der Waals surface area contributed by atoms with Crippen LogP contribution in [0.3, 0.4) is 0 Å². The van der Waals surface area contributed by atoms with Crippen molar-refractivity contribution >= 4 is 28.7 Å². The van der Waals surface area contributed by atoms with Crippen LogP contribution < -0.4 is 11.1 Å². The number of likely N-dealkylation sites (tertiary alicyclic amines) is 1. The fraction of sp³-hybridized carbons (Fsp3) is 0.250. The highest BCUT2D eigenvalue weighted by Crippen LogP contribution is 2.34. The van der Waals surface area contributed by atoms with E-state index in [9.17, 15) is 22.8 Å². The fourth-order valence-corrected chi connectivity index (χ4v) is 4.89. The predicted molar refractivity (Wildman–Crippen MR) is 143 cm³/mol. The summed E-state index contributed by atoms with van der Waals surface area (Å²) >= 11 is 0. The van der Waals surface area contributed by atoms with Crippen molar-refractivity contribution < 1.29 is 22.8 Å². The van der Waals surface area contributed by atoms with E-state index in [4.69, 9.17) is 10.8 Å². The summed E-state index contributed by atoms with van der Waals surface area (Å²) in [5, 5.41) is 8.10. The number of aromatic nitrogens is 4. The van der Waals surface area contributed by atoms with Crippen LogP contribution in [0.25, 0.3) is 22.3 Å². The molecule has 0 aliphatic carbocycles. The van der Waals surface area contributed by atoms with Gasteiger partial charge in [0.15, 0.2) is 5.65 Å². The molecule has 2 aromatic heterocycles. The number of piperidine rings is 1. The number of halogens is 3. The Morgan fingerprint density at radius 1 is 1.15 bits per heavy atom. The molecule has 3 heterocycles. The van der Waals surface area contributed by atoms with Crippen LogP contribution in [-0.2, 0) is 17.5 Å². The van der Waals surface area contributed by atoms with Gasteiger partial charge < -0.3 is 16.0 Å². The highest BCUT2D eigenvalue weighted by atomic mass is 19.4. The molecule has 2 aromatic carbocycles. The Kier molecular flexibility index (Phi) is 7.24. The van der Waals surface area contributed by atoms with Crippen LogP contribution >= 0.6 is 0 Å². The van der Waals surface area contributed by atoms with E-state index in [0.29, 0.717) is 40.9 Å². The lowest BCUT2D eigenvalue weighted by molar-refractivity contribution is -0.137. The van der Waals surface area contributed by atoms with E-state index in [0.717, 1.165) is 25.0 Å². The zero-order chi connectivity index (χ0) is 28.4. The number of carbonyl (C=O) groups excluding carboxylic acids is 2. The van der Waals surface area contributed by atoms with Gasteiger partial charge in [-0.15, -0.1) is 0 Å². The van der Waals surface area contributed by atoms with E-state index in [1.165, 1.54) is 24.5 Å². The van der Waals surface area contributed by atoms with Gasteiger partial charge in [-0.3, -0.25) is 9.59 Å². The zero-order valence-electron chi connectivity index (χ0n) is 21.4. The normalized spacial score (nSPS) is 15.7. The van der Waals surface area contributed by atoms with Crippen molar-refractivity contribution in [3.05, 3.63) is 84.2 Å². The largest absolute Gasteiger partial charge is 0.416 e. The molecule has 0 radical (unpaired) electrons. The summed E-state index contributed by atoms with van der Waals surface area (Å²) < 4.78 is 40.9. The molecule has 1 fully saturated rings. The first kappa shape index (κ1) is 26.9. The molecule has 0 bridgehead atoms. The summed E-state index contributed by atoms with van der Waals surface area (Å²) in [7, 11) is 0. The molecule has 0 saturated carbocycles. The smallest absolute Gasteiger partial charge is 0.383 e. The number of nitrogen functional groups attached to an aromatic ring is 1. The van der Waals surface area contributed by atoms with Crippen molar-refractivity contribution in [2.45, 2.75) is 31.6 Å².